The van der Waals surface area contributed by atoms with E-state index < -0.39 is 10.0 Å². The first kappa shape index (κ1) is 16.7. The quantitative estimate of drug-likeness (QED) is 0.820. The molecular formula is C16H16N2O4S. The molecule has 0 unspecified atom stereocenters. The van der Waals surface area contributed by atoms with E-state index >= 15 is 0 Å². The van der Waals surface area contributed by atoms with E-state index in [0.29, 0.717) is 5.56 Å². The number of ketones is 1. The molecule has 0 atom stereocenters. The number of sulfonamides is 1. The van der Waals surface area contributed by atoms with E-state index in [-0.39, 0.29) is 27.8 Å². The van der Waals surface area contributed by atoms with Crippen molar-refractivity contribution in [3.05, 3.63) is 59.7 Å². The number of hydrogen-bond acceptors (Lipinski definition) is 4. The summed E-state index contributed by atoms with van der Waals surface area (Å²) in [5.41, 5.74) is 0.865. The summed E-state index contributed by atoms with van der Waals surface area (Å²) in [5.74, 6) is -0.540. The van der Waals surface area contributed by atoms with Crippen LogP contribution in [-0.4, -0.2) is 27.2 Å². The average molecular weight is 332 g/mol. The molecule has 0 fully saturated rings. The fourth-order valence-corrected chi connectivity index (χ4v) is 3.09. The summed E-state index contributed by atoms with van der Waals surface area (Å²) >= 11 is 0. The number of carbonyl (C=O) groups excluding carboxylic acids is 2. The van der Waals surface area contributed by atoms with Gasteiger partial charge in [-0.1, -0.05) is 12.1 Å². The molecule has 120 valence electrons. The van der Waals surface area contributed by atoms with Gasteiger partial charge in [0.05, 0.1) is 10.6 Å². The van der Waals surface area contributed by atoms with Gasteiger partial charge in [0.1, 0.15) is 0 Å². The Morgan fingerprint density at radius 3 is 2.13 bits per heavy atom. The Balaban J connectivity index is 2.33. The Bertz CT molecular complexity index is 843. The zero-order valence-corrected chi connectivity index (χ0v) is 13.5. The molecule has 2 aromatic rings. The first-order chi connectivity index (χ1) is 10.8. The Hall–Kier alpha value is -2.67. The van der Waals surface area contributed by atoms with E-state index in [0.717, 1.165) is 0 Å². The van der Waals surface area contributed by atoms with Gasteiger partial charge >= 0.3 is 0 Å². The predicted molar refractivity (Wildman–Crippen MR) is 87.1 cm³/mol. The minimum atomic E-state index is -3.85. The average Bonchev–Trinajstić information content (AvgIpc) is 2.54. The third-order valence-electron chi connectivity index (χ3n) is 3.20. The second kappa shape index (κ2) is 6.62. The first-order valence-electron chi connectivity index (χ1n) is 6.80. The molecule has 0 saturated carbocycles. The summed E-state index contributed by atoms with van der Waals surface area (Å²) in [6, 6.07) is 11.9. The Labute approximate surface area is 134 Å². The summed E-state index contributed by atoms with van der Waals surface area (Å²) in [4.78, 5) is 23.0. The third-order valence-corrected chi connectivity index (χ3v) is 4.59. The number of carbonyl (C=O) groups is 2. The molecule has 0 heterocycles. The maximum Gasteiger partial charge on any atom is 0.261 e. The van der Waals surface area contributed by atoms with Crippen LogP contribution in [-0.2, 0) is 10.0 Å². The molecule has 1 amide bonds. The first-order valence-corrected chi connectivity index (χ1v) is 8.28. The van der Waals surface area contributed by atoms with Gasteiger partial charge in [0.2, 0.25) is 0 Å². The number of amides is 1. The van der Waals surface area contributed by atoms with Gasteiger partial charge in [0, 0.05) is 18.2 Å². The van der Waals surface area contributed by atoms with Gasteiger partial charge in [-0.2, -0.15) is 0 Å². The maximum atomic E-state index is 12.4. The Kier molecular flexibility index (Phi) is 4.80. The van der Waals surface area contributed by atoms with E-state index in [2.05, 4.69) is 10.0 Å². The summed E-state index contributed by atoms with van der Waals surface area (Å²) in [6.07, 6.45) is 0. The van der Waals surface area contributed by atoms with Crippen molar-refractivity contribution in [3.63, 3.8) is 0 Å². The summed E-state index contributed by atoms with van der Waals surface area (Å²) in [6.45, 7) is 1.37. The van der Waals surface area contributed by atoms with Gasteiger partial charge in [-0.15, -0.1) is 0 Å². The van der Waals surface area contributed by atoms with Crippen molar-refractivity contribution < 1.29 is 18.0 Å². The minimum absolute atomic E-state index is 0.00325. The number of nitrogens with one attached hydrogen (secondary N) is 2. The largest absolute Gasteiger partial charge is 0.355 e. The molecule has 6 nitrogen and oxygen atoms in total. The molecule has 2 aromatic carbocycles. The topological polar surface area (TPSA) is 92.3 Å². The highest BCUT2D eigenvalue weighted by atomic mass is 32.2. The van der Waals surface area contributed by atoms with Gasteiger partial charge in [-0.3, -0.25) is 14.3 Å². The number of anilines is 1. The number of Topliss-reactive ketones (excluding diaryl/α,β-unsaturated/α-hetero) is 1. The lowest BCUT2D eigenvalue weighted by Gasteiger charge is -2.11. The van der Waals surface area contributed by atoms with Crippen LogP contribution in [0.1, 0.15) is 27.6 Å². The summed E-state index contributed by atoms with van der Waals surface area (Å²) in [7, 11) is -2.36. The maximum absolute atomic E-state index is 12.4. The molecule has 2 rings (SSSR count). The highest BCUT2D eigenvalue weighted by Gasteiger charge is 2.17. The van der Waals surface area contributed by atoms with Crippen LogP contribution in [0.3, 0.4) is 0 Å². The number of para-hydroxylation sites is 1. The molecule has 0 radical (unpaired) electrons. The molecule has 0 aliphatic heterocycles. The summed E-state index contributed by atoms with van der Waals surface area (Å²) < 4.78 is 27.2. The molecule has 23 heavy (non-hydrogen) atoms. The van der Waals surface area contributed by atoms with Crippen molar-refractivity contribution >= 4 is 27.4 Å². The fraction of sp³-hybridized carbons (Fsp3) is 0.125. The highest BCUT2D eigenvalue weighted by molar-refractivity contribution is 7.92. The SMILES string of the molecule is CNC(=O)c1ccc(S(=O)(=O)Nc2ccccc2C(C)=O)cc1. The van der Waals surface area contributed by atoms with Crippen LogP contribution in [0.25, 0.3) is 0 Å². The Morgan fingerprint density at radius 2 is 1.57 bits per heavy atom. The monoisotopic (exact) mass is 332 g/mol. The van der Waals surface area contributed by atoms with Crippen molar-refractivity contribution in [2.24, 2.45) is 0 Å². The fourth-order valence-electron chi connectivity index (χ4n) is 2.01. The van der Waals surface area contributed by atoms with Crippen molar-refractivity contribution in [2.45, 2.75) is 11.8 Å². The van der Waals surface area contributed by atoms with Crippen LogP contribution in [0.15, 0.2) is 53.4 Å². The lowest BCUT2D eigenvalue weighted by atomic mass is 10.1. The smallest absolute Gasteiger partial charge is 0.261 e. The number of rotatable bonds is 5. The zero-order chi connectivity index (χ0) is 17.0. The molecule has 0 spiro atoms. The zero-order valence-electron chi connectivity index (χ0n) is 12.7. The van der Waals surface area contributed by atoms with Crippen LogP contribution in [0, 0.1) is 0 Å². The Morgan fingerprint density at radius 1 is 0.957 bits per heavy atom. The van der Waals surface area contributed by atoms with Gasteiger partial charge in [-0.25, -0.2) is 8.42 Å². The van der Waals surface area contributed by atoms with Gasteiger partial charge in [0.25, 0.3) is 15.9 Å². The second-order valence-corrected chi connectivity index (χ2v) is 6.49. The van der Waals surface area contributed by atoms with Crippen LogP contribution in [0.5, 0.6) is 0 Å². The van der Waals surface area contributed by atoms with E-state index in [4.69, 9.17) is 0 Å². The normalized spacial score (nSPS) is 10.9. The third kappa shape index (κ3) is 3.75. The number of hydrogen-bond donors (Lipinski definition) is 2. The van der Waals surface area contributed by atoms with Crippen LogP contribution >= 0.6 is 0 Å². The van der Waals surface area contributed by atoms with Gasteiger partial charge in [-0.05, 0) is 43.3 Å². The van der Waals surface area contributed by atoms with Crippen LogP contribution in [0.4, 0.5) is 5.69 Å². The predicted octanol–water partition coefficient (Wildman–Crippen LogP) is 2.05. The van der Waals surface area contributed by atoms with Crippen molar-refractivity contribution in [3.8, 4) is 0 Å². The lowest BCUT2D eigenvalue weighted by Crippen LogP contribution is -2.18. The lowest BCUT2D eigenvalue weighted by molar-refractivity contribution is 0.0961. The van der Waals surface area contributed by atoms with Crippen molar-refractivity contribution in [1.82, 2.24) is 5.32 Å². The van der Waals surface area contributed by atoms with E-state index in [1.165, 1.54) is 44.3 Å². The number of benzene rings is 2. The molecular weight excluding hydrogens is 316 g/mol. The second-order valence-electron chi connectivity index (χ2n) is 4.81. The molecule has 0 aromatic heterocycles. The molecule has 0 aliphatic carbocycles. The molecule has 7 heteroatoms. The molecule has 0 bridgehead atoms. The van der Waals surface area contributed by atoms with Gasteiger partial charge in [0.15, 0.2) is 5.78 Å². The molecule has 2 N–H and O–H groups in total. The highest BCUT2D eigenvalue weighted by Crippen LogP contribution is 2.20. The standard InChI is InChI=1S/C16H16N2O4S/c1-11(19)14-5-3-4-6-15(14)18-23(21,22)13-9-7-12(8-10-13)16(20)17-2/h3-10,18H,1-2H3,(H,17,20). The summed E-state index contributed by atoms with van der Waals surface area (Å²) in [5, 5.41) is 2.46. The van der Waals surface area contributed by atoms with E-state index in [1.807, 2.05) is 0 Å². The van der Waals surface area contributed by atoms with Crippen molar-refractivity contribution in [2.75, 3.05) is 11.8 Å². The van der Waals surface area contributed by atoms with Crippen LogP contribution in [0.2, 0.25) is 0 Å². The van der Waals surface area contributed by atoms with Crippen LogP contribution < -0.4 is 10.0 Å². The molecule has 0 saturated heterocycles. The minimum Gasteiger partial charge on any atom is -0.355 e. The van der Waals surface area contributed by atoms with Gasteiger partial charge < -0.3 is 5.32 Å². The van der Waals surface area contributed by atoms with E-state index in [1.54, 1.807) is 18.2 Å². The van der Waals surface area contributed by atoms with Crippen molar-refractivity contribution in [1.29, 1.82) is 0 Å². The van der Waals surface area contributed by atoms with E-state index in [9.17, 15) is 18.0 Å². The molecule has 0 aliphatic rings.